The van der Waals surface area contributed by atoms with Gasteiger partial charge >= 0.3 is 0 Å². The van der Waals surface area contributed by atoms with E-state index >= 15 is 0 Å². The molecular weight excluding hydrogens is 262 g/mol. The number of aryl methyl sites for hydroxylation is 1. The highest BCUT2D eigenvalue weighted by Gasteiger charge is 2.02. The third-order valence-electron chi connectivity index (χ3n) is 2.92. The standard InChI is InChI=1S/C16H19N5/c1-3-7-18-16-20-12(2)8-15(21-16)19-11-14-6-4-5-13(9-14)10-17/h4-6,8-9H,3,7,11H2,1-2H3,(H2,18,19,20,21). The number of nitriles is 1. The van der Waals surface area contributed by atoms with Crippen LogP contribution in [0.5, 0.6) is 0 Å². The van der Waals surface area contributed by atoms with E-state index in [1.165, 1.54) is 0 Å². The van der Waals surface area contributed by atoms with Crippen molar-refractivity contribution >= 4 is 11.8 Å². The number of aromatic nitrogens is 2. The fourth-order valence-corrected chi connectivity index (χ4v) is 1.92. The summed E-state index contributed by atoms with van der Waals surface area (Å²) in [6.45, 7) is 5.52. The summed E-state index contributed by atoms with van der Waals surface area (Å²) >= 11 is 0. The molecule has 5 heteroatoms. The first-order valence-electron chi connectivity index (χ1n) is 7.03. The van der Waals surface area contributed by atoms with Crippen LogP contribution in [0.2, 0.25) is 0 Å². The molecule has 5 nitrogen and oxygen atoms in total. The molecule has 1 aromatic carbocycles. The molecule has 0 radical (unpaired) electrons. The van der Waals surface area contributed by atoms with Crippen LogP contribution >= 0.6 is 0 Å². The van der Waals surface area contributed by atoms with Gasteiger partial charge in [0.05, 0.1) is 11.6 Å². The Morgan fingerprint density at radius 1 is 1.19 bits per heavy atom. The molecule has 108 valence electrons. The Morgan fingerprint density at radius 2 is 2.05 bits per heavy atom. The van der Waals surface area contributed by atoms with Crippen molar-refractivity contribution in [2.24, 2.45) is 0 Å². The highest BCUT2D eigenvalue weighted by atomic mass is 15.1. The number of rotatable bonds is 6. The molecule has 0 fully saturated rings. The molecule has 1 heterocycles. The van der Waals surface area contributed by atoms with Crippen molar-refractivity contribution in [3.8, 4) is 6.07 Å². The number of benzene rings is 1. The van der Waals surface area contributed by atoms with Gasteiger partial charge in [0.1, 0.15) is 5.82 Å². The molecule has 0 atom stereocenters. The summed E-state index contributed by atoms with van der Waals surface area (Å²) in [7, 11) is 0. The van der Waals surface area contributed by atoms with Gasteiger partial charge in [0.2, 0.25) is 5.95 Å². The van der Waals surface area contributed by atoms with Crippen LogP contribution in [0, 0.1) is 18.3 Å². The molecular formula is C16H19N5. The van der Waals surface area contributed by atoms with Gasteiger partial charge in [-0.25, -0.2) is 4.98 Å². The molecule has 0 saturated heterocycles. The summed E-state index contributed by atoms with van der Waals surface area (Å²) in [6.07, 6.45) is 1.03. The normalized spacial score (nSPS) is 9.95. The molecule has 0 spiro atoms. The maximum atomic E-state index is 8.90. The molecule has 0 aliphatic rings. The summed E-state index contributed by atoms with van der Waals surface area (Å²) in [5.74, 6) is 1.42. The number of hydrogen-bond donors (Lipinski definition) is 2. The summed E-state index contributed by atoms with van der Waals surface area (Å²) < 4.78 is 0. The van der Waals surface area contributed by atoms with Crippen molar-refractivity contribution in [1.82, 2.24) is 9.97 Å². The lowest BCUT2D eigenvalue weighted by molar-refractivity contribution is 0.943. The minimum Gasteiger partial charge on any atom is -0.366 e. The van der Waals surface area contributed by atoms with E-state index in [-0.39, 0.29) is 0 Å². The zero-order chi connectivity index (χ0) is 15.1. The van der Waals surface area contributed by atoms with Crippen molar-refractivity contribution in [1.29, 1.82) is 5.26 Å². The maximum absolute atomic E-state index is 8.90. The number of anilines is 2. The van der Waals surface area contributed by atoms with Gasteiger partial charge in [-0.2, -0.15) is 10.2 Å². The fraction of sp³-hybridized carbons (Fsp3) is 0.312. The minimum absolute atomic E-state index is 0.624. The van der Waals surface area contributed by atoms with Crippen molar-refractivity contribution < 1.29 is 0 Å². The molecule has 2 N–H and O–H groups in total. The second kappa shape index (κ2) is 7.25. The second-order valence-corrected chi connectivity index (χ2v) is 4.81. The van der Waals surface area contributed by atoms with Crippen molar-refractivity contribution in [2.45, 2.75) is 26.8 Å². The van der Waals surface area contributed by atoms with Crippen LogP contribution in [0.3, 0.4) is 0 Å². The Hall–Kier alpha value is -2.61. The van der Waals surface area contributed by atoms with Gasteiger partial charge in [-0.05, 0) is 31.0 Å². The van der Waals surface area contributed by atoms with E-state index < -0.39 is 0 Å². The van der Waals surface area contributed by atoms with Crippen LogP contribution in [0.15, 0.2) is 30.3 Å². The van der Waals surface area contributed by atoms with E-state index in [0.717, 1.165) is 30.0 Å². The number of hydrogen-bond acceptors (Lipinski definition) is 5. The predicted molar refractivity (Wildman–Crippen MR) is 84.0 cm³/mol. The highest BCUT2D eigenvalue weighted by molar-refractivity contribution is 5.43. The van der Waals surface area contributed by atoms with Gasteiger partial charge < -0.3 is 10.6 Å². The third kappa shape index (κ3) is 4.46. The van der Waals surface area contributed by atoms with Crippen LogP contribution < -0.4 is 10.6 Å². The van der Waals surface area contributed by atoms with E-state index in [0.29, 0.717) is 18.1 Å². The quantitative estimate of drug-likeness (QED) is 0.851. The SMILES string of the molecule is CCCNc1nc(C)cc(NCc2cccc(C#N)c2)n1. The second-order valence-electron chi connectivity index (χ2n) is 4.81. The summed E-state index contributed by atoms with van der Waals surface area (Å²) in [5.41, 5.74) is 2.63. The molecule has 0 amide bonds. The summed E-state index contributed by atoms with van der Waals surface area (Å²) in [6, 6.07) is 11.6. The molecule has 2 aromatic rings. The zero-order valence-electron chi connectivity index (χ0n) is 12.3. The lowest BCUT2D eigenvalue weighted by Gasteiger charge is -2.09. The van der Waals surface area contributed by atoms with E-state index in [1.807, 2.05) is 31.2 Å². The number of nitrogens with zero attached hydrogens (tertiary/aromatic N) is 3. The molecule has 1 aromatic heterocycles. The summed E-state index contributed by atoms with van der Waals surface area (Å²) in [4.78, 5) is 8.78. The highest BCUT2D eigenvalue weighted by Crippen LogP contribution is 2.12. The van der Waals surface area contributed by atoms with Gasteiger partial charge in [-0.1, -0.05) is 19.1 Å². The average molecular weight is 281 g/mol. The van der Waals surface area contributed by atoms with Gasteiger partial charge in [0.25, 0.3) is 0 Å². The lowest BCUT2D eigenvalue weighted by atomic mass is 10.1. The largest absolute Gasteiger partial charge is 0.366 e. The monoisotopic (exact) mass is 281 g/mol. The number of nitrogens with one attached hydrogen (secondary N) is 2. The Balaban J connectivity index is 2.05. The molecule has 0 unspecified atom stereocenters. The molecule has 0 bridgehead atoms. The van der Waals surface area contributed by atoms with Crippen LogP contribution in [0.25, 0.3) is 0 Å². The molecule has 2 rings (SSSR count). The smallest absolute Gasteiger partial charge is 0.224 e. The Morgan fingerprint density at radius 3 is 2.81 bits per heavy atom. The molecule has 0 saturated carbocycles. The molecule has 0 aliphatic heterocycles. The van der Waals surface area contributed by atoms with Crippen molar-refractivity contribution in [3.05, 3.63) is 47.2 Å². The first-order valence-corrected chi connectivity index (χ1v) is 7.03. The predicted octanol–water partition coefficient (Wildman–Crippen LogP) is 3.09. The molecule has 21 heavy (non-hydrogen) atoms. The van der Waals surface area contributed by atoms with Crippen LogP contribution in [0.4, 0.5) is 11.8 Å². The van der Waals surface area contributed by atoms with E-state index in [4.69, 9.17) is 5.26 Å². The Kier molecular flexibility index (Phi) is 5.10. The van der Waals surface area contributed by atoms with Crippen LogP contribution in [-0.2, 0) is 6.54 Å². The topological polar surface area (TPSA) is 73.6 Å². The summed E-state index contributed by atoms with van der Waals surface area (Å²) in [5, 5.41) is 15.4. The van der Waals surface area contributed by atoms with E-state index in [1.54, 1.807) is 6.07 Å². The lowest BCUT2D eigenvalue weighted by Crippen LogP contribution is -2.08. The first kappa shape index (κ1) is 14.8. The van der Waals surface area contributed by atoms with Crippen molar-refractivity contribution in [2.75, 3.05) is 17.2 Å². The third-order valence-corrected chi connectivity index (χ3v) is 2.92. The van der Waals surface area contributed by atoms with Crippen molar-refractivity contribution in [3.63, 3.8) is 0 Å². The first-order chi connectivity index (χ1) is 10.2. The van der Waals surface area contributed by atoms with Gasteiger partial charge in [-0.3, -0.25) is 0 Å². The van der Waals surface area contributed by atoms with Crippen LogP contribution in [0.1, 0.15) is 30.2 Å². The van der Waals surface area contributed by atoms with Crippen LogP contribution in [-0.4, -0.2) is 16.5 Å². The fourth-order valence-electron chi connectivity index (χ4n) is 1.92. The molecule has 0 aliphatic carbocycles. The minimum atomic E-state index is 0.624. The average Bonchev–Trinajstić information content (AvgIpc) is 2.50. The van der Waals surface area contributed by atoms with E-state index in [9.17, 15) is 0 Å². The van der Waals surface area contributed by atoms with E-state index in [2.05, 4.69) is 33.6 Å². The Bertz CT molecular complexity index is 645. The van der Waals surface area contributed by atoms with Gasteiger partial charge in [0, 0.05) is 24.8 Å². The van der Waals surface area contributed by atoms with Gasteiger partial charge in [-0.15, -0.1) is 0 Å². The Labute approximate surface area is 125 Å². The maximum Gasteiger partial charge on any atom is 0.224 e. The zero-order valence-corrected chi connectivity index (χ0v) is 12.3. The van der Waals surface area contributed by atoms with Gasteiger partial charge in [0.15, 0.2) is 0 Å².